The molecule has 0 radical (unpaired) electrons. The number of amides is 1. The molecule has 5 atom stereocenters. The van der Waals surface area contributed by atoms with Crippen LogP contribution in [0.5, 0.6) is 0 Å². The van der Waals surface area contributed by atoms with Crippen molar-refractivity contribution in [3.63, 3.8) is 0 Å². The lowest BCUT2D eigenvalue weighted by atomic mass is 9.94. The Morgan fingerprint density at radius 1 is 1.50 bits per heavy atom. The predicted octanol–water partition coefficient (Wildman–Crippen LogP) is -4.40. The molecule has 1 aliphatic rings. The fraction of sp³-hybridized carbons (Fsp3) is 0.636. The fourth-order valence-corrected chi connectivity index (χ4v) is 1.84. The van der Waals surface area contributed by atoms with E-state index in [2.05, 4.69) is 5.32 Å². The first kappa shape index (κ1) is 16.4. The number of hydrogen-bond acceptors (Lipinski definition) is 8. The monoisotopic (exact) mass is 290 g/mol. The van der Waals surface area contributed by atoms with E-state index in [1.54, 1.807) is 0 Å². The molecule has 9 heteroatoms. The minimum Gasteiger partial charge on any atom is -0.542 e. The first-order valence-corrected chi connectivity index (χ1v) is 5.80. The molecule has 0 spiro atoms. The summed E-state index contributed by atoms with van der Waals surface area (Å²) in [7, 11) is 0. The van der Waals surface area contributed by atoms with Crippen molar-refractivity contribution in [2.24, 2.45) is 0 Å². The van der Waals surface area contributed by atoms with Gasteiger partial charge in [0.05, 0.1) is 18.8 Å². The Labute approximate surface area is 114 Å². The third-order valence-electron chi connectivity index (χ3n) is 2.80. The maximum atomic E-state index is 11.1. The van der Waals surface area contributed by atoms with Gasteiger partial charge in [0.25, 0.3) is 0 Å². The molecular formula is C11H16NO8-. The largest absolute Gasteiger partial charge is 0.542 e. The van der Waals surface area contributed by atoms with Crippen LogP contribution in [0.2, 0.25) is 0 Å². The van der Waals surface area contributed by atoms with Crippen molar-refractivity contribution in [2.75, 3.05) is 6.61 Å². The van der Waals surface area contributed by atoms with E-state index < -0.39 is 54.7 Å². The minimum absolute atomic E-state index is 0.557. The van der Waals surface area contributed by atoms with Crippen LogP contribution in [0.25, 0.3) is 0 Å². The maximum Gasteiger partial charge on any atom is 0.217 e. The number of nitrogens with one attached hydrogen (secondary N) is 1. The Morgan fingerprint density at radius 2 is 2.10 bits per heavy atom. The molecule has 114 valence electrons. The van der Waals surface area contributed by atoms with Crippen molar-refractivity contribution in [1.29, 1.82) is 0 Å². The lowest BCUT2D eigenvalue weighted by molar-refractivity contribution is -0.305. The van der Waals surface area contributed by atoms with Gasteiger partial charge in [0.15, 0.2) is 6.10 Å². The molecule has 9 nitrogen and oxygen atoms in total. The number of rotatable bonds is 5. The first-order valence-electron chi connectivity index (χ1n) is 5.80. The van der Waals surface area contributed by atoms with E-state index in [0.717, 1.165) is 13.0 Å². The molecule has 1 aliphatic heterocycles. The van der Waals surface area contributed by atoms with Crippen LogP contribution < -0.4 is 10.4 Å². The van der Waals surface area contributed by atoms with E-state index in [-0.39, 0.29) is 0 Å². The molecule has 1 amide bonds. The van der Waals surface area contributed by atoms with Crippen LogP contribution >= 0.6 is 0 Å². The molecule has 0 aromatic carbocycles. The van der Waals surface area contributed by atoms with Crippen LogP contribution in [0.15, 0.2) is 11.8 Å². The summed E-state index contributed by atoms with van der Waals surface area (Å²) in [5.74, 6) is -3.01. The van der Waals surface area contributed by atoms with Gasteiger partial charge in [0.1, 0.15) is 23.9 Å². The van der Waals surface area contributed by atoms with Gasteiger partial charge in [-0.15, -0.1) is 0 Å². The molecule has 0 unspecified atom stereocenters. The second-order valence-corrected chi connectivity index (χ2v) is 4.36. The van der Waals surface area contributed by atoms with Crippen molar-refractivity contribution >= 4 is 11.9 Å². The Morgan fingerprint density at radius 3 is 2.55 bits per heavy atom. The van der Waals surface area contributed by atoms with Gasteiger partial charge >= 0.3 is 0 Å². The number of carboxylic acids is 1. The molecule has 0 bridgehead atoms. The van der Waals surface area contributed by atoms with Crippen LogP contribution in [-0.4, -0.2) is 69.4 Å². The second-order valence-electron chi connectivity index (χ2n) is 4.36. The lowest BCUT2D eigenvalue weighted by Gasteiger charge is -2.39. The van der Waals surface area contributed by atoms with Crippen LogP contribution in [0.1, 0.15) is 6.92 Å². The van der Waals surface area contributed by atoms with Gasteiger partial charge in [0, 0.05) is 6.92 Å². The maximum absolute atomic E-state index is 11.1. The Kier molecular flexibility index (Phi) is 5.45. The van der Waals surface area contributed by atoms with Crippen molar-refractivity contribution in [2.45, 2.75) is 37.4 Å². The molecule has 0 saturated carbocycles. The topological polar surface area (TPSA) is 159 Å². The molecule has 20 heavy (non-hydrogen) atoms. The highest BCUT2D eigenvalue weighted by molar-refractivity contribution is 5.82. The van der Waals surface area contributed by atoms with E-state index >= 15 is 0 Å². The summed E-state index contributed by atoms with van der Waals surface area (Å²) in [4.78, 5) is 21.8. The number of carbonyl (C=O) groups is 2. The zero-order valence-electron chi connectivity index (χ0n) is 10.6. The molecule has 5 N–H and O–H groups in total. The highest BCUT2D eigenvalue weighted by Gasteiger charge is 2.41. The third-order valence-corrected chi connectivity index (χ3v) is 2.80. The van der Waals surface area contributed by atoms with E-state index in [9.17, 15) is 30.0 Å². The number of hydrogen-bond donors (Lipinski definition) is 5. The van der Waals surface area contributed by atoms with Crippen molar-refractivity contribution in [1.82, 2.24) is 5.32 Å². The van der Waals surface area contributed by atoms with Gasteiger partial charge in [-0.05, 0) is 6.08 Å². The summed E-state index contributed by atoms with van der Waals surface area (Å²) in [6, 6.07) is -1.19. The number of aliphatic hydroxyl groups is 4. The Bertz CT molecular complexity index is 409. The summed E-state index contributed by atoms with van der Waals surface area (Å²) in [6.07, 6.45) is -5.48. The minimum atomic E-state index is -1.73. The summed E-state index contributed by atoms with van der Waals surface area (Å²) >= 11 is 0. The molecule has 0 fully saturated rings. The van der Waals surface area contributed by atoms with Crippen LogP contribution in [0, 0.1) is 0 Å². The number of aliphatic hydroxyl groups excluding tert-OH is 4. The van der Waals surface area contributed by atoms with Crippen LogP contribution in [0.3, 0.4) is 0 Å². The van der Waals surface area contributed by atoms with E-state index in [1.165, 1.54) is 0 Å². The first-order chi connectivity index (χ1) is 9.27. The predicted molar refractivity (Wildman–Crippen MR) is 60.7 cm³/mol. The number of carboxylic acid groups (broad SMARTS) is 1. The molecule has 1 rings (SSSR count). The summed E-state index contributed by atoms with van der Waals surface area (Å²) in [5.41, 5.74) is 0. The SMILES string of the molecule is CC(=O)N[C@H]1[C@H]([C@H](O)[C@H](O)CO)OC(C(=O)[O-])=C[C@@H]1O. The fourth-order valence-electron chi connectivity index (χ4n) is 1.84. The molecule has 0 aliphatic carbocycles. The quantitative estimate of drug-likeness (QED) is 0.339. The van der Waals surface area contributed by atoms with Crippen LogP contribution in [-0.2, 0) is 14.3 Å². The standard InChI is InChI=1S/C11H17NO8/c1-4(14)12-8-5(15)2-7(11(18)19)20-10(8)9(17)6(16)3-13/h2,5-6,8-10,13,15-17H,3H2,1H3,(H,12,14)(H,18,19)/p-1/t5-,6+,8+,9+,10+/m0/s1. The molecular weight excluding hydrogens is 274 g/mol. The summed E-state index contributed by atoms with van der Waals surface area (Å²) in [6.45, 7) is 0.338. The highest BCUT2D eigenvalue weighted by Crippen LogP contribution is 2.22. The zero-order valence-corrected chi connectivity index (χ0v) is 10.6. The number of aliphatic carboxylic acids is 1. The van der Waals surface area contributed by atoms with Gasteiger partial charge in [-0.1, -0.05) is 0 Å². The molecule has 0 aromatic heterocycles. The van der Waals surface area contributed by atoms with Gasteiger partial charge in [-0.3, -0.25) is 4.79 Å². The van der Waals surface area contributed by atoms with E-state index in [1.807, 2.05) is 0 Å². The van der Waals surface area contributed by atoms with Crippen molar-refractivity contribution in [3.05, 3.63) is 11.8 Å². The van der Waals surface area contributed by atoms with Crippen LogP contribution in [0.4, 0.5) is 0 Å². The Hall–Kier alpha value is -1.68. The smallest absolute Gasteiger partial charge is 0.217 e. The van der Waals surface area contributed by atoms with Crippen molar-refractivity contribution in [3.8, 4) is 0 Å². The van der Waals surface area contributed by atoms with Gasteiger partial charge in [0.2, 0.25) is 5.91 Å². The summed E-state index contributed by atoms with van der Waals surface area (Å²) < 4.78 is 4.92. The average Bonchev–Trinajstić information content (AvgIpc) is 2.38. The van der Waals surface area contributed by atoms with Gasteiger partial charge in [-0.25, -0.2) is 0 Å². The normalized spacial score (nSPS) is 28.9. The van der Waals surface area contributed by atoms with E-state index in [4.69, 9.17) is 9.84 Å². The average molecular weight is 290 g/mol. The van der Waals surface area contributed by atoms with E-state index in [0.29, 0.717) is 0 Å². The Balaban J connectivity index is 3.04. The zero-order chi connectivity index (χ0) is 15.4. The van der Waals surface area contributed by atoms with Gasteiger partial charge < -0.3 is 40.4 Å². The summed E-state index contributed by atoms with van der Waals surface area (Å²) in [5, 5.41) is 50.8. The molecule has 0 saturated heterocycles. The molecule has 0 aromatic rings. The van der Waals surface area contributed by atoms with Crippen molar-refractivity contribution < 1.29 is 39.9 Å². The third kappa shape index (κ3) is 3.67. The van der Waals surface area contributed by atoms with Gasteiger partial charge in [-0.2, -0.15) is 0 Å². The lowest BCUT2D eigenvalue weighted by Crippen LogP contribution is -2.60. The second kappa shape index (κ2) is 6.66. The number of ether oxygens (including phenoxy) is 1. The highest BCUT2D eigenvalue weighted by atomic mass is 16.5. The molecule has 1 heterocycles. The number of carbonyl (C=O) groups excluding carboxylic acids is 2.